The van der Waals surface area contributed by atoms with E-state index in [1.54, 1.807) is 0 Å². The Morgan fingerprint density at radius 3 is 2.62 bits per heavy atom. The molecule has 0 saturated heterocycles. The van der Waals surface area contributed by atoms with E-state index in [2.05, 4.69) is 58.4 Å². The van der Waals surface area contributed by atoms with E-state index in [4.69, 9.17) is 0 Å². The van der Waals surface area contributed by atoms with Gasteiger partial charge in [-0.05, 0) is 61.8 Å². The highest BCUT2D eigenvalue weighted by Crippen LogP contribution is 2.57. The smallest absolute Gasteiger partial charge is 0.0649 e. The number of rotatable bonds is 5. The zero-order chi connectivity index (χ0) is 14.2. The summed E-state index contributed by atoms with van der Waals surface area (Å²) < 4.78 is 2.11. The van der Waals surface area contributed by atoms with E-state index < -0.39 is 0 Å². The molecule has 1 heterocycles. The van der Waals surface area contributed by atoms with Crippen LogP contribution in [0.3, 0.4) is 0 Å². The first-order chi connectivity index (χ1) is 10.4. The fourth-order valence-corrected chi connectivity index (χ4v) is 4.10. The van der Waals surface area contributed by atoms with Gasteiger partial charge in [0, 0.05) is 6.20 Å². The van der Waals surface area contributed by atoms with Gasteiger partial charge in [-0.25, -0.2) is 4.68 Å². The largest absolute Gasteiger partial charge is 0.309 e. The molecular weight excluding hydrogens is 258 g/mol. The number of nitrogens with one attached hydrogen (secondary N) is 1. The highest BCUT2D eigenvalue weighted by Gasteiger charge is 2.48. The molecule has 1 aromatic heterocycles. The second-order valence-electron chi connectivity index (χ2n) is 6.53. The van der Waals surface area contributed by atoms with Gasteiger partial charge in [0.2, 0.25) is 0 Å². The molecule has 2 saturated carbocycles. The number of aromatic nitrogens is 2. The van der Waals surface area contributed by atoms with Crippen LogP contribution in [0.25, 0.3) is 5.69 Å². The molecule has 0 bridgehead atoms. The monoisotopic (exact) mass is 281 g/mol. The Labute approximate surface area is 126 Å². The molecule has 4 rings (SSSR count). The first kappa shape index (κ1) is 13.1. The predicted molar refractivity (Wildman–Crippen MR) is 84.3 cm³/mol. The van der Waals surface area contributed by atoms with E-state index in [9.17, 15) is 0 Å². The standard InChI is InChI=1S/C18H23N3/c1-2-19-18(15-11-13-10-14(13)12-15)17-8-9-20-21(17)16-6-4-3-5-7-16/h3-9,13-15,18-19H,2,10-12H2,1H3. The lowest BCUT2D eigenvalue weighted by Crippen LogP contribution is -2.29. The van der Waals surface area contributed by atoms with Crippen molar-refractivity contribution in [3.63, 3.8) is 0 Å². The number of nitrogens with zero attached hydrogens (tertiary/aromatic N) is 2. The molecule has 21 heavy (non-hydrogen) atoms. The Balaban J connectivity index is 1.65. The molecule has 1 N–H and O–H groups in total. The van der Waals surface area contributed by atoms with Crippen molar-refractivity contribution in [3.05, 3.63) is 48.3 Å². The van der Waals surface area contributed by atoms with Crippen LogP contribution in [0.1, 0.15) is 37.9 Å². The molecule has 3 atom stereocenters. The van der Waals surface area contributed by atoms with Crippen LogP contribution in [-0.2, 0) is 0 Å². The van der Waals surface area contributed by atoms with Crippen LogP contribution in [0.15, 0.2) is 42.6 Å². The van der Waals surface area contributed by atoms with Gasteiger partial charge in [-0.1, -0.05) is 25.1 Å². The Hall–Kier alpha value is -1.61. The second-order valence-corrected chi connectivity index (χ2v) is 6.53. The molecule has 2 fully saturated rings. The second kappa shape index (κ2) is 5.30. The van der Waals surface area contributed by atoms with Gasteiger partial charge in [-0.2, -0.15) is 5.10 Å². The lowest BCUT2D eigenvalue weighted by molar-refractivity contribution is 0.335. The quantitative estimate of drug-likeness (QED) is 0.908. The molecule has 0 radical (unpaired) electrons. The minimum atomic E-state index is 0.436. The zero-order valence-corrected chi connectivity index (χ0v) is 12.6. The minimum absolute atomic E-state index is 0.436. The van der Waals surface area contributed by atoms with E-state index in [0.717, 1.165) is 30.0 Å². The lowest BCUT2D eigenvalue weighted by Gasteiger charge is -2.26. The number of benzene rings is 1. The predicted octanol–water partition coefficient (Wildman–Crippen LogP) is 3.57. The van der Waals surface area contributed by atoms with Crippen LogP contribution < -0.4 is 5.32 Å². The number of para-hydroxylation sites is 1. The minimum Gasteiger partial charge on any atom is -0.309 e. The van der Waals surface area contributed by atoms with Crippen molar-refractivity contribution in [3.8, 4) is 5.69 Å². The van der Waals surface area contributed by atoms with Crippen LogP contribution in [0, 0.1) is 17.8 Å². The molecule has 110 valence electrons. The summed E-state index contributed by atoms with van der Waals surface area (Å²) in [5.74, 6) is 2.81. The van der Waals surface area contributed by atoms with E-state index in [1.165, 1.54) is 25.0 Å². The van der Waals surface area contributed by atoms with Gasteiger partial charge in [0.1, 0.15) is 0 Å². The van der Waals surface area contributed by atoms with Crippen molar-refractivity contribution in [1.82, 2.24) is 15.1 Å². The Morgan fingerprint density at radius 2 is 1.90 bits per heavy atom. The maximum Gasteiger partial charge on any atom is 0.0649 e. The topological polar surface area (TPSA) is 29.9 Å². The Kier molecular flexibility index (Phi) is 3.30. The third-order valence-corrected chi connectivity index (χ3v) is 5.17. The average molecular weight is 281 g/mol. The normalized spacial score (nSPS) is 28.3. The first-order valence-electron chi connectivity index (χ1n) is 8.19. The van der Waals surface area contributed by atoms with E-state index in [-0.39, 0.29) is 0 Å². The summed E-state index contributed by atoms with van der Waals surface area (Å²) in [6.07, 6.45) is 6.19. The Morgan fingerprint density at radius 1 is 1.14 bits per heavy atom. The molecule has 0 aliphatic heterocycles. The summed E-state index contributed by atoms with van der Waals surface area (Å²) in [6.45, 7) is 3.21. The summed E-state index contributed by atoms with van der Waals surface area (Å²) in [6, 6.07) is 13.1. The van der Waals surface area contributed by atoms with Crippen molar-refractivity contribution in [2.75, 3.05) is 6.54 Å². The average Bonchev–Trinajstić information content (AvgIpc) is 2.93. The zero-order valence-electron chi connectivity index (χ0n) is 12.6. The first-order valence-corrected chi connectivity index (χ1v) is 8.19. The lowest BCUT2D eigenvalue weighted by atomic mass is 9.92. The van der Waals surface area contributed by atoms with Crippen LogP contribution in [0.2, 0.25) is 0 Å². The van der Waals surface area contributed by atoms with Crippen molar-refractivity contribution in [2.24, 2.45) is 17.8 Å². The van der Waals surface area contributed by atoms with Crippen molar-refractivity contribution in [2.45, 2.75) is 32.2 Å². The summed E-state index contributed by atoms with van der Waals surface area (Å²) in [7, 11) is 0. The molecule has 2 aliphatic carbocycles. The fraction of sp³-hybridized carbons (Fsp3) is 0.500. The molecule has 0 spiro atoms. The molecule has 3 heteroatoms. The van der Waals surface area contributed by atoms with Gasteiger partial charge < -0.3 is 5.32 Å². The van der Waals surface area contributed by atoms with Crippen LogP contribution in [0.5, 0.6) is 0 Å². The van der Waals surface area contributed by atoms with Gasteiger partial charge in [-0.15, -0.1) is 0 Å². The molecule has 3 nitrogen and oxygen atoms in total. The van der Waals surface area contributed by atoms with Gasteiger partial charge in [0.15, 0.2) is 0 Å². The Bertz CT molecular complexity index is 594. The number of hydrogen-bond acceptors (Lipinski definition) is 2. The van der Waals surface area contributed by atoms with Gasteiger partial charge in [-0.3, -0.25) is 0 Å². The third kappa shape index (κ3) is 2.40. The van der Waals surface area contributed by atoms with E-state index in [0.29, 0.717) is 6.04 Å². The van der Waals surface area contributed by atoms with Crippen molar-refractivity contribution in [1.29, 1.82) is 0 Å². The maximum atomic E-state index is 4.57. The van der Waals surface area contributed by atoms with Crippen LogP contribution in [0.4, 0.5) is 0 Å². The van der Waals surface area contributed by atoms with Crippen LogP contribution >= 0.6 is 0 Å². The van der Waals surface area contributed by atoms with Crippen molar-refractivity contribution < 1.29 is 0 Å². The molecular formula is C18H23N3. The summed E-state index contributed by atoms with van der Waals surface area (Å²) >= 11 is 0. The van der Waals surface area contributed by atoms with Gasteiger partial charge in [0.25, 0.3) is 0 Å². The highest BCUT2D eigenvalue weighted by molar-refractivity contribution is 5.33. The molecule has 0 amide bonds. The van der Waals surface area contributed by atoms with E-state index >= 15 is 0 Å². The highest BCUT2D eigenvalue weighted by atomic mass is 15.3. The SMILES string of the molecule is CCNC(c1ccnn1-c1ccccc1)C1CC2CC2C1. The number of hydrogen-bond donors (Lipinski definition) is 1. The molecule has 3 unspecified atom stereocenters. The van der Waals surface area contributed by atoms with Crippen LogP contribution in [-0.4, -0.2) is 16.3 Å². The maximum absolute atomic E-state index is 4.57. The molecule has 1 aromatic carbocycles. The summed E-state index contributed by atoms with van der Waals surface area (Å²) in [5, 5.41) is 8.29. The molecule has 2 aliphatic rings. The van der Waals surface area contributed by atoms with Gasteiger partial charge in [0.05, 0.1) is 17.4 Å². The fourth-order valence-electron chi connectivity index (χ4n) is 4.10. The third-order valence-electron chi connectivity index (χ3n) is 5.17. The summed E-state index contributed by atoms with van der Waals surface area (Å²) in [5.41, 5.74) is 2.47. The van der Waals surface area contributed by atoms with E-state index in [1.807, 2.05) is 6.20 Å². The van der Waals surface area contributed by atoms with Crippen molar-refractivity contribution >= 4 is 0 Å². The molecule has 2 aromatic rings. The van der Waals surface area contributed by atoms with Gasteiger partial charge >= 0.3 is 0 Å². The summed E-state index contributed by atoms with van der Waals surface area (Å²) in [4.78, 5) is 0. The number of fused-ring (bicyclic) bond motifs is 1.